The van der Waals surface area contributed by atoms with Crippen molar-refractivity contribution in [3.8, 4) is 5.69 Å². The molecule has 1 saturated carbocycles. The largest absolute Gasteiger partial charge is 0.356 e. The third-order valence-corrected chi connectivity index (χ3v) is 7.32. The van der Waals surface area contributed by atoms with Crippen LogP contribution in [0.15, 0.2) is 53.7 Å². The number of aromatic nitrogens is 3. The highest BCUT2D eigenvalue weighted by Crippen LogP contribution is 2.33. The molecular weight excluding hydrogens is 463 g/mol. The molecular formula is C27H31FN4O2S. The summed E-state index contributed by atoms with van der Waals surface area (Å²) in [5.74, 6) is 0.892. The maximum absolute atomic E-state index is 14.7. The Hall–Kier alpha value is -3.00. The van der Waals surface area contributed by atoms with Gasteiger partial charge in [-0.1, -0.05) is 67.4 Å². The topological polar surface area (TPSA) is 76.9 Å². The highest BCUT2D eigenvalue weighted by Gasteiger charge is 2.19. The van der Waals surface area contributed by atoms with Crippen molar-refractivity contribution in [2.24, 2.45) is 0 Å². The Balaban J connectivity index is 1.45. The van der Waals surface area contributed by atoms with E-state index in [4.69, 9.17) is 0 Å². The number of thioether (sulfide) groups is 1. The summed E-state index contributed by atoms with van der Waals surface area (Å²) in [6, 6.07) is 14.5. The molecule has 1 aromatic heterocycles. The van der Waals surface area contributed by atoms with Crippen molar-refractivity contribution in [1.29, 1.82) is 0 Å². The van der Waals surface area contributed by atoms with Gasteiger partial charge in [-0.15, -0.1) is 10.2 Å². The zero-order valence-corrected chi connectivity index (χ0v) is 20.8. The maximum atomic E-state index is 14.7. The van der Waals surface area contributed by atoms with Crippen molar-refractivity contribution in [3.63, 3.8) is 0 Å². The predicted molar refractivity (Wildman–Crippen MR) is 136 cm³/mol. The molecule has 4 rings (SSSR count). The number of halogens is 1. The Bertz CT molecular complexity index is 1160. The van der Waals surface area contributed by atoms with Gasteiger partial charge in [-0.3, -0.25) is 14.2 Å². The van der Waals surface area contributed by atoms with Gasteiger partial charge in [0, 0.05) is 25.5 Å². The molecule has 1 heterocycles. The minimum atomic E-state index is -0.387. The van der Waals surface area contributed by atoms with E-state index in [0.717, 1.165) is 0 Å². The smallest absolute Gasteiger partial charge is 0.216 e. The Kier molecular flexibility index (Phi) is 8.69. The molecule has 0 saturated heterocycles. The normalized spacial score (nSPS) is 14.1. The summed E-state index contributed by atoms with van der Waals surface area (Å²) in [6.07, 6.45) is 7.48. The van der Waals surface area contributed by atoms with Crippen molar-refractivity contribution in [3.05, 3.63) is 71.3 Å². The molecule has 0 unspecified atom stereocenters. The lowest BCUT2D eigenvalue weighted by atomic mass is 9.84. The van der Waals surface area contributed by atoms with E-state index in [-0.39, 0.29) is 23.3 Å². The lowest BCUT2D eigenvalue weighted by Gasteiger charge is -2.22. The average Bonchev–Trinajstić information content (AvgIpc) is 3.28. The molecule has 0 spiro atoms. The van der Waals surface area contributed by atoms with Crippen molar-refractivity contribution < 1.29 is 14.0 Å². The third-order valence-electron chi connectivity index (χ3n) is 6.39. The van der Waals surface area contributed by atoms with Crippen LogP contribution in [0, 0.1) is 5.82 Å². The molecule has 0 atom stereocenters. The molecule has 1 aliphatic carbocycles. The van der Waals surface area contributed by atoms with E-state index in [9.17, 15) is 14.0 Å². The van der Waals surface area contributed by atoms with Crippen molar-refractivity contribution in [2.45, 2.75) is 62.9 Å². The Morgan fingerprint density at radius 3 is 2.51 bits per heavy atom. The summed E-state index contributed by atoms with van der Waals surface area (Å²) in [7, 11) is 0. The van der Waals surface area contributed by atoms with E-state index < -0.39 is 0 Å². The first-order chi connectivity index (χ1) is 17.0. The number of Topliss-reactive ketones (excluding diaryl/α,β-unsaturated/α-hetero) is 1. The summed E-state index contributed by atoms with van der Waals surface area (Å²) in [4.78, 5) is 24.0. The molecule has 184 valence electrons. The second-order valence-electron chi connectivity index (χ2n) is 8.94. The van der Waals surface area contributed by atoms with Crippen molar-refractivity contribution >= 4 is 23.5 Å². The first kappa shape index (κ1) is 25.1. The number of hydrogen-bond acceptors (Lipinski definition) is 5. The van der Waals surface area contributed by atoms with Gasteiger partial charge in [-0.05, 0) is 42.9 Å². The second kappa shape index (κ2) is 12.1. The van der Waals surface area contributed by atoms with Crippen molar-refractivity contribution in [2.75, 3.05) is 12.3 Å². The molecule has 2 aromatic carbocycles. The van der Waals surface area contributed by atoms with Gasteiger partial charge in [0.1, 0.15) is 11.6 Å². The molecule has 0 radical (unpaired) electrons. The molecule has 1 N–H and O–H groups in total. The molecule has 0 bridgehead atoms. The first-order valence-electron chi connectivity index (χ1n) is 12.2. The number of nitrogens with zero attached hydrogens (tertiary/aromatic N) is 3. The van der Waals surface area contributed by atoms with Crippen LogP contribution in [0.1, 0.15) is 73.1 Å². The molecule has 1 fully saturated rings. The Morgan fingerprint density at radius 1 is 1.06 bits per heavy atom. The van der Waals surface area contributed by atoms with Crippen LogP contribution < -0.4 is 5.32 Å². The summed E-state index contributed by atoms with van der Waals surface area (Å²) in [5, 5.41) is 11.7. The van der Waals surface area contributed by atoms with E-state index in [2.05, 4.69) is 27.6 Å². The molecule has 6 nitrogen and oxygen atoms in total. The number of carbonyl (C=O) groups is 2. The van der Waals surface area contributed by atoms with Crippen molar-refractivity contribution in [1.82, 2.24) is 20.1 Å². The monoisotopic (exact) mass is 494 g/mol. The Labute approximate surface area is 209 Å². The van der Waals surface area contributed by atoms with Gasteiger partial charge in [0.25, 0.3) is 0 Å². The summed E-state index contributed by atoms with van der Waals surface area (Å²) in [5.41, 5.74) is 2.33. The number of nitrogens with one attached hydrogen (secondary N) is 1. The van der Waals surface area contributed by atoms with Gasteiger partial charge < -0.3 is 5.32 Å². The lowest BCUT2D eigenvalue weighted by molar-refractivity contribution is -0.118. The molecule has 8 heteroatoms. The fourth-order valence-electron chi connectivity index (χ4n) is 4.53. The summed E-state index contributed by atoms with van der Waals surface area (Å²) in [6.45, 7) is 1.97. The van der Waals surface area contributed by atoms with Crippen LogP contribution in [0.5, 0.6) is 0 Å². The highest BCUT2D eigenvalue weighted by atomic mass is 32.2. The van der Waals surface area contributed by atoms with Gasteiger partial charge >= 0.3 is 0 Å². The van der Waals surface area contributed by atoms with E-state index in [1.165, 1.54) is 62.4 Å². The fraction of sp³-hybridized carbons (Fsp3) is 0.407. The highest BCUT2D eigenvalue weighted by molar-refractivity contribution is 7.99. The number of para-hydroxylation sites is 1. The second-order valence-corrected chi connectivity index (χ2v) is 9.88. The lowest BCUT2D eigenvalue weighted by Crippen LogP contribution is -2.21. The van der Waals surface area contributed by atoms with Gasteiger partial charge in [0.05, 0.1) is 11.4 Å². The number of ketones is 1. The standard InChI is InChI=1S/C27H31FN4O2S/c1-19(33)29-17-7-12-26-30-31-27(32(26)24-11-6-5-10-23(24)28)35-18-25(34)22-15-13-21(14-16-22)20-8-3-2-4-9-20/h5-6,10-11,13-16,20H,2-4,7-9,12,17-18H2,1H3,(H,29,33). The van der Waals surface area contributed by atoms with Gasteiger partial charge in [-0.25, -0.2) is 4.39 Å². The third kappa shape index (κ3) is 6.57. The van der Waals surface area contributed by atoms with Gasteiger partial charge in [-0.2, -0.15) is 0 Å². The van der Waals surface area contributed by atoms with Crippen LogP contribution >= 0.6 is 11.8 Å². The minimum Gasteiger partial charge on any atom is -0.356 e. The maximum Gasteiger partial charge on any atom is 0.216 e. The van der Waals surface area contributed by atoms with E-state index >= 15 is 0 Å². The molecule has 3 aromatic rings. The predicted octanol–water partition coefficient (Wildman–Crippen LogP) is 5.50. The van der Waals surface area contributed by atoms with Crippen LogP contribution in [0.2, 0.25) is 0 Å². The van der Waals surface area contributed by atoms with E-state index in [0.29, 0.717) is 47.5 Å². The molecule has 1 amide bonds. The van der Waals surface area contributed by atoms with Gasteiger partial charge in [0.2, 0.25) is 5.91 Å². The number of benzene rings is 2. The first-order valence-corrected chi connectivity index (χ1v) is 13.2. The number of aryl methyl sites for hydroxylation is 1. The average molecular weight is 495 g/mol. The molecule has 1 aliphatic rings. The van der Waals surface area contributed by atoms with E-state index in [1.807, 2.05) is 12.1 Å². The zero-order valence-electron chi connectivity index (χ0n) is 20.0. The molecule has 35 heavy (non-hydrogen) atoms. The van der Waals surface area contributed by atoms with Crippen LogP contribution in [0.25, 0.3) is 5.69 Å². The Morgan fingerprint density at radius 2 is 1.80 bits per heavy atom. The van der Waals surface area contributed by atoms with Crippen LogP contribution in [-0.2, 0) is 11.2 Å². The quantitative estimate of drug-likeness (QED) is 0.229. The van der Waals surface area contributed by atoms with Crippen LogP contribution in [0.3, 0.4) is 0 Å². The van der Waals surface area contributed by atoms with Crippen LogP contribution in [-0.4, -0.2) is 38.8 Å². The number of hydrogen-bond donors (Lipinski definition) is 1. The van der Waals surface area contributed by atoms with Gasteiger partial charge in [0.15, 0.2) is 10.9 Å². The fourth-order valence-corrected chi connectivity index (χ4v) is 5.39. The van der Waals surface area contributed by atoms with E-state index in [1.54, 1.807) is 22.8 Å². The number of amides is 1. The summed E-state index contributed by atoms with van der Waals surface area (Å²) >= 11 is 1.25. The van der Waals surface area contributed by atoms with Crippen LogP contribution in [0.4, 0.5) is 4.39 Å². The SMILES string of the molecule is CC(=O)NCCCc1nnc(SCC(=O)c2ccc(C3CCCCC3)cc2)n1-c1ccccc1F. The summed E-state index contributed by atoms with van der Waals surface area (Å²) < 4.78 is 16.3. The minimum absolute atomic E-state index is 0.000450. The molecule has 0 aliphatic heterocycles. The zero-order chi connectivity index (χ0) is 24.6. The number of rotatable bonds is 10. The number of carbonyl (C=O) groups excluding carboxylic acids is 2.